The number of rotatable bonds is 5. The van der Waals surface area contributed by atoms with E-state index in [4.69, 9.17) is 5.73 Å². The maximum absolute atomic E-state index is 11.6. The van der Waals surface area contributed by atoms with Crippen LogP contribution in [0, 0.1) is 0 Å². The number of carbonyl (C=O) groups is 1. The summed E-state index contributed by atoms with van der Waals surface area (Å²) in [6.07, 6.45) is 1.19. The average Bonchev–Trinajstić information content (AvgIpc) is 2.27. The highest BCUT2D eigenvalue weighted by atomic mass is 16.1. The lowest BCUT2D eigenvalue weighted by Crippen LogP contribution is -2.17. The van der Waals surface area contributed by atoms with Crippen LogP contribution in [0.4, 0.5) is 11.4 Å². The number of nitrogens with zero attached hydrogens (tertiary/aromatic N) is 1. The van der Waals surface area contributed by atoms with Crippen LogP contribution in [0.15, 0.2) is 24.3 Å². The van der Waals surface area contributed by atoms with E-state index in [1.54, 1.807) is 0 Å². The molecule has 0 aliphatic heterocycles. The lowest BCUT2D eigenvalue weighted by atomic mass is 10.2. The Balaban J connectivity index is 2.69. The van der Waals surface area contributed by atoms with E-state index in [1.807, 2.05) is 43.3 Å². The van der Waals surface area contributed by atoms with E-state index in [-0.39, 0.29) is 5.91 Å². The zero-order valence-electron chi connectivity index (χ0n) is 9.86. The van der Waals surface area contributed by atoms with E-state index >= 15 is 0 Å². The second kappa shape index (κ2) is 6.12. The van der Waals surface area contributed by atoms with Gasteiger partial charge < -0.3 is 16.0 Å². The molecule has 1 amide bonds. The lowest BCUT2D eigenvalue weighted by Gasteiger charge is -2.17. The molecule has 1 aromatic carbocycles. The third-order valence-electron chi connectivity index (χ3n) is 2.27. The molecule has 16 heavy (non-hydrogen) atoms. The van der Waals surface area contributed by atoms with Crippen molar-refractivity contribution < 1.29 is 4.79 Å². The van der Waals surface area contributed by atoms with Crippen molar-refractivity contribution >= 4 is 17.3 Å². The highest BCUT2D eigenvalue weighted by molar-refractivity contribution is 5.94. The number of nitrogens with two attached hydrogens (primary N) is 1. The van der Waals surface area contributed by atoms with Crippen molar-refractivity contribution in [3.8, 4) is 0 Å². The van der Waals surface area contributed by atoms with Crippen LogP contribution in [-0.2, 0) is 4.79 Å². The van der Waals surface area contributed by atoms with Gasteiger partial charge in [-0.1, -0.05) is 12.1 Å². The van der Waals surface area contributed by atoms with E-state index in [0.29, 0.717) is 13.0 Å². The number of para-hydroxylation sites is 2. The van der Waals surface area contributed by atoms with Gasteiger partial charge in [-0.2, -0.15) is 0 Å². The summed E-state index contributed by atoms with van der Waals surface area (Å²) in [4.78, 5) is 13.5. The molecule has 3 N–H and O–H groups in total. The smallest absolute Gasteiger partial charge is 0.224 e. The molecule has 0 spiro atoms. The summed E-state index contributed by atoms with van der Waals surface area (Å²) in [5.41, 5.74) is 7.21. The van der Waals surface area contributed by atoms with Crippen molar-refractivity contribution in [3.63, 3.8) is 0 Å². The molecule has 0 saturated carbocycles. The van der Waals surface area contributed by atoms with Gasteiger partial charge in [0.05, 0.1) is 11.4 Å². The summed E-state index contributed by atoms with van der Waals surface area (Å²) in [5, 5.41) is 2.89. The minimum atomic E-state index is 0.0137. The number of amides is 1. The van der Waals surface area contributed by atoms with Crippen LogP contribution in [0.1, 0.15) is 12.8 Å². The maximum Gasteiger partial charge on any atom is 0.224 e. The fourth-order valence-corrected chi connectivity index (χ4v) is 1.44. The predicted octanol–water partition coefficient (Wildman–Crippen LogP) is 1.43. The quantitative estimate of drug-likeness (QED) is 0.790. The Labute approximate surface area is 96.4 Å². The fourth-order valence-electron chi connectivity index (χ4n) is 1.44. The van der Waals surface area contributed by atoms with Crippen LogP contribution >= 0.6 is 0 Å². The first kappa shape index (κ1) is 12.5. The van der Waals surface area contributed by atoms with Crippen LogP contribution in [-0.4, -0.2) is 26.5 Å². The Morgan fingerprint density at radius 2 is 2.06 bits per heavy atom. The molecule has 0 atom stereocenters. The Kier molecular flexibility index (Phi) is 4.79. The summed E-state index contributed by atoms with van der Waals surface area (Å²) in [6, 6.07) is 7.73. The molecule has 0 bridgehead atoms. The van der Waals surface area contributed by atoms with Gasteiger partial charge in [0.1, 0.15) is 0 Å². The Hall–Kier alpha value is -1.55. The van der Waals surface area contributed by atoms with Gasteiger partial charge in [-0.15, -0.1) is 0 Å². The first-order valence-electron chi connectivity index (χ1n) is 5.41. The molecule has 0 fully saturated rings. The Morgan fingerprint density at radius 3 is 2.69 bits per heavy atom. The van der Waals surface area contributed by atoms with E-state index < -0.39 is 0 Å². The first-order valence-corrected chi connectivity index (χ1v) is 5.41. The molecule has 0 unspecified atom stereocenters. The lowest BCUT2D eigenvalue weighted by molar-refractivity contribution is -0.116. The molecular weight excluding hydrogens is 202 g/mol. The van der Waals surface area contributed by atoms with Crippen molar-refractivity contribution in [2.24, 2.45) is 5.73 Å². The van der Waals surface area contributed by atoms with Gasteiger partial charge in [0, 0.05) is 20.5 Å². The zero-order chi connectivity index (χ0) is 12.0. The Morgan fingerprint density at radius 1 is 1.38 bits per heavy atom. The average molecular weight is 221 g/mol. The molecule has 0 heterocycles. The summed E-state index contributed by atoms with van der Waals surface area (Å²) >= 11 is 0. The van der Waals surface area contributed by atoms with Gasteiger partial charge in [0.2, 0.25) is 5.91 Å². The SMILES string of the molecule is CN(C)c1ccccc1NC(=O)CCCN. The van der Waals surface area contributed by atoms with E-state index in [0.717, 1.165) is 17.8 Å². The van der Waals surface area contributed by atoms with Crippen molar-refractivity contribution in [3.05, 3.63) is 24.3 Å². The standard InChI is InChI=1S/C12H19N3O/c1-15(2)11-7-4-3-6-10(11)14-12(16)8-5-9-13/h3-4,6-7H,5,8-9,13H2,1-2H3,(H,14,16). The maximum atomic E-state index is 11.6. The number of benzene rings is 1. The largest absolute Gasteiger partial charge is 0.376 e. The van der Waals surface area contributed by atoms with E-state index in [2.05, 4.69) is 5.32 Å². The van der Waals surface area contributed by atoms with Crippen molar-refractivity contribution in [1.82, 2.24) is 0 Å². The van der Waals surface area contributed by atoms with Crippen LogP contribution in [0.25, 0.3) is 0 Å². The third-order valence-corrected chi connectivity index (χ3v) is 2.27. The summed E-state index contributed by atoms with van der Waals surface area (Å²) in [6.45, 7) is 0.544. The second-order valence-electron chi connectivity index (χ2n) is 3.85. The fraction of sp³-hybridized carbons (Fsp3) is 0.417. The monoisotopic (exact) mass is 221 g/mol. The second-order valence-corrected chi connectivity index (χ2v) is 3.85. The molecule has 0 aliphatic rings. The molecule has 1 rings (SSSR count). The summed E-state index contributed by atoms with van der Waals surface area (Å²) in [5.74, 6) is 0.0137. The number of carbonyl (C=O) groups excluding carboxylic acids is 1. The van der Waals surface area contributed by atoms with E-state index in [1.165, 1.54) is 0 Å². The highest BCUT2D eigenvalue weighted by Crippen LogP contribution is 2.23. The first-order chi connectivity index (χ1) is 7.65. The summed E-state index contributed by atoms with van der Waals surface area (Å²) in [7, 11) is 3.90. The Bertz CT molecular complexity index is 350. The van der Waals surface area contributed by atoms with Crippen LogP contribution in [0.2, 0.25) is 0 Å². The third kappa shape index (κ3) is 3.55. The molecule has 0 radical (unpaired) electrons. The predicted molar refractivity (Wildman–Crippen MR) is 67.7 cm³/mol. The summed E-state index contributed by atoms with van der Waals surface area (Å²) < 4.78 is 0. The topological polar surface area (TPSA) is 58.4 Å². The van der Waals surface area contributed by atoms with Crippen LogP contribution < -0.4 is 16.0 Å². The zero-order valence-corrected chi connectivity index (χ0v) is 9.86. The van der Waals surface area contributed by atoms with Crippen molar-refractivity contribution in [2.75, 3.05) is 30.9 Å². The molecule has 4 nitrogen and oxygen atoms in total. The molecule has 0 aliphatic carbocycles. The van der Waals surface area contributed by atoms with Gasteiger partial charge in [-0.05, 0) is 25.1 Å². The minimum Gasteiger partial charge on any atom is -0.376 e. The molecule has 0 saturated heterocycles. The number of anilines is 2. The number of hydrogen-bond acceptors (Lipinski definition) is 3. The highest BCUT2D eigenvalue weighted by Gasteiger charge is 2.06. The van der Waals surface area contributed by atoms with Gasteiger partial charge in [0.15, 0.2) is 0 Å². The van der Waals surface area contributed by atoms with E-state index in [9.17, 15) is 4.79 Å². The van der Waals surface area contributed by atoms with Gasteiger partial charge in [-0.3, -0.25) is 4.79 Å². The van der Waals surface area contributed by atoms with Crippen LogP contribution in [0.5, 0.6) is 0 Å². The van der Waals surface area contributed by atoms with Crippen LogP contribution in [0.3, 0.4) is 0 Å². The minimum absolute atomic E-state index is 0.0137. The molecule has 0 aromatic heterocycles. The molecule has 1 aromatic rings. The van der Waals surface area contributed by atoms with Crippen molar-refractivity contribution in [2.45, 2.75) is 12.8 Å². The molecule has 4 heteroatoms. The van der Waals surface area contributed by atoms with Gasteiger partial charge in [-0.25, -0.2) is 0 Å². The molecular formula is C12H19N3O. The van der Waals surface area contributed by atoms with Gasteiger partial charge in [0.25, 0.3) is 0 Å². The number of hydrogen-bond donors (Lipinski definition) is 2. The van der Waals surface area contributed by atoms with Gasteiger partial charge >= 0.3 is 0 Å². The normalized spacial score (nSPS) is 9.94. The van der Waals surface area contributed by atoms with Crippen molar-refractivity contribution in [1.29, 1.82) is 0 Å². The molecule has 88 valence electrons. The number of nitrogens with one attached hydrogen (secondary N) is 1.